The third kappa shape index (κ3) is 4.46. The van der Waals surface area contributed by atoms with Crippen molar-refractivity contribution in [3.63, 3.8) is 0 Å². The molecule has 0 saturated carbocycles. The number of allylic oxidation sites excluding steroid dienone is 1. The van der Waals surface area contributed by atoms with Gasteiger partial charge in [0.1, 0.15) is 16.5 Å². The van der Waals surface area contributed by atoms with Crippen molar-refractivity contribution in [1.29, 1.82) is 0 Å². The van der Waals surface area contributed by atoms with Crippen LogP contribution in [0.1, 0.15) is 12.0 Å². The van der Waals surface area contributed by atoms with E-state index in [9.17, 15) is 22.0 Å². The van der Waals surface area contributed by atoms with Crippen LogP contribution in [0.3, 0.4) is 0 Å². The highest BCUT2D eigenvalue weighted by Gasteiger charge is 2.26. The molecule has 0 atom stereocenters. The molecule has 0 bridgehead atoms. The van der Waals surface area contributed by atoms with Gasteiger partial charge in [-0.2, -0.15) is 0 Å². The molecule has 1 aliphatic heterocycles. The van der Waals surface area contributed by atoms with E-state index in [1.54, 1.807) is 22.6 Å². The van der Waals surface area contributed by atoms with E-state index >= 15 is 0 Å². The maximum absolute atomic E-state index is 14.0. The fourth-order valence-electron chi connectivity index (χ4n) is 2.81. The Morgan fingerprint density at radius 2 is 1.79 bits per heavy atom. The molecular weight excluding hydrogens is 537 g/mol. The Balaban J connectivity index is 1.83. The molecule has 3 rings (SSSR count). The van der Waals surface area contributed by atoms with Gasteiger partial charge >= 0.3 is 0 Å². The summed E-state index contributed by atoms with van der Waals surface area (Å²) in [6.45, 7) is 0. The van der Waals surface area contributed by atoms with E-state index in [0.29, 0.717) is 3.57 Å². The zero-order valence-electron chi connectivity index (χ0n) is 14.9. The van der Waals surface area contributed by atoms with Gasteiger partial charge in [0.2, 0.25) is 0 Å². The van der Waals surface area contributed by atoms with Crippen LogP contribution in [0.15, 0.2) is 59.1 Å². The third-order valence-corrected chi connectivity index (χ3v) is 7.72. The Morgan fingerprint density at radius 1 is 1.17 bits per heavy atom. The normalized spacial score (nSPS) is 14.3. The van der Waals surface area contributed by atoms with Crippen LogP contribution >= 0.6 is 34.2 Å². The van der Waals surface area contributed by atoms with Crippen LogP contribution in [0, 0.1) is 15.2 Å². The topological polar surface area (TPSA) is 66.5 Å². The number of benzene rings is 2. The average molecular weight is 551 g/mol. The van der Waals surface area contributed by atoms with Crippen LogP contribution in [0.4, 0.5) is 8.78 Å². The van der Waals surface area contributed by atoms with Crippen molar-refractivity contribution in [3.8, 4) is 0 Å². The van der Waals surface area contributed by atoms with E-state index in [-0.39, 0.29) is 33.2 Å². The zero-order chi connectivity index (χ0) is 21.3. The van der Waals surface area contributed by atoms with Crippen molar-refractivity contribution in [3.05, 3.63) is 80.0 Å². The van der Waals surface area contributed by atoms with Crippen LogP contribution in [0.25, 0.3) is 5.70 Å². The highest BCUT2D eigenvalue weighted by Crippen LogP contribution is 2.30. The molecule has 5 nitrogen and oxygen atoms in total. The van der Waals surface area contributed by atoms with Crippen molar-refractivity contribution >= 4 is 55.8 Å². The lowest BCUT2D eigenvalue weighted by atomic mass is 10.0. The van der Waals surface area contributed by atoms with Gasteiger partial charge in [-0.1, -0.05) is 29.8 Å². The molecule has 1 N–H and O–H groups in total. The number of sulfonamides is 1. The van der Waals surface area contributed by atoms with Crippen molar-refractivity contribution in [2.24, 2.45) is 0 Å². The summed E-state index contributed by atoms with van der Waals surface area (Å²) in [5.41, 5.74) is 0.143. The molecule has 0 radical (unpaired) electrons. The van der Waals surface area contributed by atoms with Gasteiger partial charge in [-0.05, 0) is 53.3 Å². The first-order valence-electron chi connectivity index (χ1n) is 8.21. The lowest BCUT2D eigenvalue weighted by Gasteiger charge is -2.25. The molecule has 1 amide bonds. The summed E-state index contributed by atoms with van der Waals surface area (Å²) in [6, 6.07) is 7.88. The van der Waals surface area contributed by atoms with Gasteiger partial charge in [0.05, 0.1) is 14.2 Å². The number of halogens is 4. The maximum atomic E-state index is 14.0. The lowest BCUT2D eigenvalue weighted by Crippen LogP contribution is -2.33. The van der Waals surface area contributed by atoms with Gasteiger partial charge in [-0.3, -0.25) is 4.79 Å². The van der Waals surface area contributed by atoms with E-state index in [0.717, 1.165) is 12.1 Å². The highest BCUT2D eigenvalue weighted by atomic mass is 127. The summed E-state index contributed by atoms with van der Waals surface area (Å²) >= 11 is 7.74. The summed E-state index contributed by atoms with van der Waals surface area (Å²) in [4.78, 5) is 13.8. The Morgan fingerprint density at radius 3 is 2.41 bits per heavy atom. The number of nitrogens with one attached hydrogen (secondary N) is 1. The second-order valence-electron chi connectivity index (χ2n) is 6.14. The molecule has 152 valence electrons. The van der Waals surface area contributed by atoms with Gasteiger partial charge in [0.25, 0.3) is 15.9 Å². The predicted molar refractivity (Wildman–Crippen MR) is 114 cm³/mol. The van der Waals surface area contributed by atoms with Crippen LogP contribution in [-0.4, -0.2) is 26.3 Å². The summed E-state index contributed by atoms with van der Waals surface area (Å²) in [5, 5.41) is 0.247. The van der Waals surface area contributed by atoms with Crippen molar-refractivity contribution in [1.82, 2.24) is 9.62 Å². The van der Waals surface area contributed by atoms with Crippen molar-refractivity contribution < 1.29 is 22.0 Å². The Bertz CT molecular complexity index is 1150. The number of nitrogens with zero attached hydrogens (tertiary/aromatic N) is 1. The lowest BCUT2D eigenvalue weighted by molar-refractivity contribution is -0.116. The van der Waals surface area contributed by atoms with Crippen molar-refractivity contribution in [2.45, 2.75) is 11.3 Å². The van der Waals surface area contributed by atoms with Crippen LogP contribution in [-0.2, 0) is 14.8 Å². The maximum Gasteiger partial charge on any atom is 0.265 e. The van der Waals surface area contributed by atoms with Gasteiger partial charge < -0.3 is 4.90 Å². The summed E-state index contributed by atoms with van der Waals surface area (Å²) < 4.78 is 55.5. The minimum absolute atomic E-state index is 0.00143. The number of hydrogen-bond donors (Lipinski definition) is 1. The van der Waals surface area contributed by atoms with Crippen LogP contribution < -0.4 is 4.72 Å². The first-order chi connectivity index (χ1) is 13.6. The van der Waals surface area contributed by atoms with Crippen LogP contribution in [0.2, 0.25) is 5.02 Å². The second-order valence-corrected chi connectivity index (χ2v) is 9.28. The molecule has 2 aromatic carbocycles. The van der Waals surface area contributed by atoms with Gasteiger partial charge in [0, 0.05) is 24.5 Å². The summed E-state index contributed by atoms with van der Waals surface area (Å²) in [5.74, 6) is -2.30. The first kappa shape index (κ1) is 21.7. The molecule has 0 unspecified atom stereocenters. The monoisotopic (exact) mass is 550 g/mol. The molecule has 0 saturated heterocycles. The van der Waals surface area contributed by atoms with Gasteiger partial charge in [-0.25, -0.2) is 21.9 Å². The predicted octanol–water partition coefficient (Wildman–Crippen LogP) is 4.29. The average Bonchev–Trinajstić information content (AvgIpc) is 2.64. The van der Waals surface area contributed by atoms with E-state index in [1.165, 1.54) is 48.5 Å². The van der Waals surface area contributed by atoms with Gasteiger partial charge in [0.15, 0.2) is 0 Å². The van der Waals surface area contributed by atoms with E-state index in [2.05, 4.69) is 0 Å². The standard InChI is InChI=1S/C19H14ClF2IN2O3S/c1-25-10-11(8-9-15(25)17-13(21)5-3-6-14(17)22)19(26)24-29(27,28)16-7-2-4-12(20)18(16)23/h2-7,9-10H,8H2,1H3,(H,24,26). The number of carbonyl (C=O) groups excluding carboxylic acids is 1. The van der Waals surface area contributed by atoms with E-state index in [1.807, 2.05) is 4.72 Å². The molecule has 29 heavy (non-hydrogen) atoms. The summed E-state index contributed by atoms with van der Waals surface area (Å²) in [6.07, 6.45) is 2.81. The zero-order valence-corrected chi connectivity index (χ0v) is 18.6. The minimum Gasteiger partial charge on any atom is -0.350 e. The van der Waals surface area contributed by atoms with E-state index in [4.69, 9.17) is 11.6 Å². The Labute approximate surface area is 185 Å². The molecule has 10 heteroatoms. The largest absolute Gasteiger partial charge is 0.350 e. The molecule has 0 aliphatic carbocycles. The molecule has 0 fully saturated rings. The second kappa shape index (κ2) is 8.41. The quantitative estimate of drug-likeness (QED) is 0.577. The first-order valence-corrected chi connectivity index (χ1v) is 11.1. The Kier molecular flexibility index (Phi) is 6.30. The number of hydrogen-bond acceptors (Lipinski definition) is 4. The molecule has 1 heterocycles. The molecule has 2 aromatic rings. The smallest absolute Gasteiger partial charge is 0.265 e. The number of amides is 1. The van der Waals surface area contributed by atoms with Crippen LogP contribution in [0.5, 0.6) is 0 Å². The minimum atomic E-state index is -4.15. The molecule has 0 aromatic heterocycles. The molecular formula is C19H14ClF2IN2O3S. The third-order valence-electron chi connectivity index (χ3n) is 4.19. The van der Waals surface area contributed by atoms with E-state index < -0.39 is 27.6 Å². The number of carbonyl (C=O) groups is 1. The molecule has 0 spiro atoms. The Hall–Kier alpha value is -1.98. The summed E-state index contributed by atoms with van der Waals surface area (Å²) in [7, 11) is -2.64. The fourth-order valence-corrected chi connectivity index (χ4v) is 5.36. The van der Waals surface area contributed by atoms with Crippen molar-refractivity contribution in [2.75, 3.05) is 7.05 Å². The highest BCUT2D eigenvalue weighted by molar-refractivity contribution is 14.1. The molecule has 1 aliphatic rings. The number of rotatable bonds is 4. The fraction of sp³-hybridized carbons (Fsp3) is 0.105. The SMILES string of the molecule is CN1C=C(C(=O)NS(=O)(=O)c2cccc(Cl)c2I)CC=C1c1c(F)cccc1F. The van der Waals surface area contributed by atoms with Gasteiger partial charge in [-0.15, -0.1) is 0 Å².